The number of furan rings is 1. The van der Waals surface area contributed by atoms with Gasteiger partial charge in [0.25, 0.3) is 0 Å². The van der Waals surface area contributed by atoms with Crippen LogP contribution in [0.3, 0.4) is 0 Å². The normalized spacial score (nSPS) is 12.1. The molecule has 4 rings (SSSR count). The molecule has 136 valence electrons. The van der Waals surface area contributed by atoms with E-state index in [1.807, 2.05) is 66.9 Å². The lowest BCUT2D eigenvalue weighted by Gasteiger charge is -2.23. The zero-order valence-corrected chi connectivity index (χ0v) is 15.9. The fourth-order valence-electron chi connectivity index (χ4n) is 2.88. The number of hydrogen-bond donors (Lipinski definition) is 1. The number of fused-ring (bicyclic) bond motifs is 1. The predicted octanol–water partition coefficient (Wildman–Crippen LogP) is 5.78. The third-order valence-electron chi connectivity index (χ3n) is 4.55. The molecule has 0 spiro atoms. The molecule has 0 unspecified atom stereocenters. The lowest BCUT2D eigenvalue weighted by molar-refractivity contribution is 0.201. The van der Waals surface area contributed by atoms with Gasteiger partial charge in [0.2, 0.25) is 0 Å². The molecule has 6 heteroatoms. The van der Waals surface area contributed by atoms with Crippen molar-refractivity contribution in [2.45, 2.75) is 13.0 Å². The number of rotatable bonds is 4. The standard InChI is InChI=1S/C21H19N3O2S/c1-14(19-13-15-6-3-4-9-18(15)26-19)24(2)21(25)23-17-8-5-7-16(12-17)20-22-10-11-27-20/h3-14H,1-2H3,(H,23,25)/t14-/m0/s1. The Kier molecular flexibility index (Phi) is 4.64. The van der Waals surface area contributed by atoms with E-state index in [0.29, 0.717) is 0 Å². The number of anilines is 1. The van der Waals surface area contributed by atoms with E-state index in [1.54, 1.807) is 29.5 Å². The highest BCUT2D eigenvalue weighted by molar-refractivity contribution is 7.13. The number of para-hydroxylation sites is 1. The van der Waals surface area contributed by atoms with Crippen LogP contribution in [0, 0.1) is 0 Å². The van der Waals surface area contributed by atoms with Gasteiger partial charge in [-0.05, 0) is 31.2 Å². The summed E-state index contributed by atoms with van der Waals surface area (Å²) in [6.07, 6.45) is 1.77. The van der Waals surface area contributed by atoms with Crippen molar-refractivity contribution in [2.75, 3.05) is 12.4 Å². The lowest BCUT2D eigenvalue weighted by atomic mass is 10.2. The first-order chi connectivity index (χ1) is 13.1. The van der Waals surface area contributed by atoms with Gasteiger partial charge in [0.15, 0.2) is 0 Å². The molecule has 4 aromatic rings. The molecular weight excluding hydrogens is 358 g/mol. The first-order valence-corrected chi connectivity index (χ1v) is 9.52. The second-order valence-electron chi connectivity index (χ2n) is 6.32. The van der Waals surface area contributed by atoms with Crippen LogP contribution < -0.4 is 5.32 Å². The topological polar surface area (TPSA) is 58.4 Å². The molecular formula is C21H19N3O2S. The Bertz CT molecular complexity index is 1040. The highest BCUT2D eigenvalue weighted by Crippen LogP contribution is 2.28. The zero-order valence-electron chi connectivity index (χ0n) is 15.0. The largest absolute Gasteiger partial charge is 0.459 e. The van der Waals surface area contributed by atoms with Crippen molar-refractivity contribution in [3.63, 3.8) is 0 Å². The average Bonchev–Trinajstić information content (AvgIpc) is 3.36. The molecule has 2 heterocycles. The number of carbonyl (C=O) groups is 1. The Balaban J connectivity index is 1.50. The number of amides is 2. The maximum atomic E-state index is 12.7. The van der Waals surface area contributed by atoms with Crippen LogP contribution in [0.15, 0.2) is 70.6 Å². The first-order valence-electron chi connectivity index (χ1n) is 8.64. The van der Waals surface area contributed by atoms with E-state index in [4.69, 9.17) is 4.42 Å². The summed E-state index contributed by atoms with van der Waals surface area (Å²) in [5.74, 6) is 0.755. The van der Waals surface area contributed by atoms with E-state index >= 15 is 0 Å². The van der Waals surface area contributed by atoms with E-state index < -0.39 is 0 Å². The van der Waals surface area contributed by atoms with Crippen LogP contribution in [0.5, 0.6) is 0 Å². The SMILES string of the molecule is C[C@@H](c1cc2ccccc2o1)N(C)C(=O)Nc1cccc(-c2nccs2)c1. The summed E-state index contributed by atoms with van der Waals surface area (Å²) < 4.78 is 5.89. The number of benzene rings is 2. The van der Waals surface area contributed by atoms with Crippen LogP contribution in [-0.2, 0) is 0 Å². The highest BCUT2D eigenvalue weighted by Gasteiger charge is 2.21. The van der Waals surface area contributed by atoms with Gasteiger partial charge < -0.3 is 14.6 Å². The van der Waals surface area contributed by atoms with Crippen molar-refractivity contribution in [3.05, 3.63) is 71.9 Å². The summed E-state index contributed by atoms with van der Waals surface area (Å²) in [7, 11) is 1.76. The molecule has 2 amide bonds. The second-order valence-corrected chi connectivity index (χ2v) is 7.22. The van der Waals surface area contributed by atoms with Crippen LogP contribution in [-0.4, -0.2) is 23.0 Å². The minimum atomic E-state index is -0.195. The summed E-state index contributed by atoms with van der Waals surface area (Å²) in [4.78, 5) is 18.6. The number of nitrogens with zero attached hydrogens (tertiary/aromatic N) is 2. The second kappa shape index (κ2) is 7.25. The molecule has 0 aliphatic rings. The fourth-order valence-corrected chi connectivity index (χ4v) is 3.52. The number of carbonyl (C=O) groups excluding carboxylic acids is 1. The molecule has 0 aliphatic carbocycles. The van der Waals surface area contributed by atoms with Crippen LogP contribution in [0.25, 0.3) is 21.5 Å². The van der Waals surface area contributed by atoms with Gasteiger partial charge >= 0.3 is 6.03 Å². The zero-order chi connectivity index (χ0) is 18.8. The monoisotopic (exact) mass is 377 g/mol. The molecule has 1 N–H and O–H groups in total. The van der Waals surface area contributed by atoms with Gasteiger partial charge in [0.05, 0.1) is 6.04 Å². The van der Waals surface area contributed by atoms with Crippen molar-refractivity contribution < 1.29 is 9.21 Å². The minimum Gasteiger partial charge on any atom is -0.459 e. The number of hydrogen-bond acceptors (Lipinski definition) is 4. The summed E-state index contributed by atoms with van der Waals surface area (Å²) in [5.41, 5.74) is 2.54. The number of aromatic nitrogens is 1. The van der Waals surface area contributed by atoms with Crippen molar-refractivity contribution >= 4 is 34.0 Å². The smallest absolute Gasteiger partial charge is 0.322 e. The molecule has 0 aliphatic heterocycles. The van der Waals surface area contributed by atoms with E-state index in [2.05, 4.69) is 10.3 Å². The molecule has 5 nitrogen and oxygen atoms in total. The number of thiazole rings is 1. The van der Waals surface area contributed by atoms with Crippen LogP contribution in [0.2, 0.25) is 0 Å². The van der Waals surface area contributed by atoms with E-state index in [-0.39, 0.29) is 12.1 Å². The maximum Gasteiger partial charge on any atom is 0.322 e. The Morgan fingerprint density at radius 3 is 2.81 bits per heavy atom. The fraction of sp³-hybridized carbons (Fsp3) is 0.143. The van der Waals surface area contributed by atoms with Gasteiger partial charge in [0.1, 0.15) is 16.4 Å². The third-order valence-corrected chi connectivity index (χ3v) is 5.37. The third kappa shape index (κ3) is 3.57. The average molecular weight is 377 g/mol. The minimum absolute atomic E-state index is 0.195. The Labute approximate surface area is 161 Å². The summed E-state index contributed by atoms with van der Waals surface area (Å²) in [5, 5.41) is 6.84. The van der Waals surface area contributed by atoms with Gasteiger partial charge in [-0.15, -0.1) is 11.3 Å². The summed E-state index contributed by atoms with van der Waals surface area (Å²) >= 11 is 1.57. The molecule has 0 fully saturated rings. The van der Waals surface area contributed by atoms with Crippen LogP contribution >= 0.6 is 11.3 Å². The molecule has 0 saturated heterocycles. The Morgan fingerprint density at radius 2 is 2.04 bits per heavy atom. The van der Waals surface area contributed by atoms with E-state index in [9.17, 15) is 4.79 Å². The van der Waals surface area contributed by atoms with Gasteiger partial charge in [-0.3, -0.25) is 0 Å². The molecule has 1 atom stereocenters. The summed E-state index contributed by atoms with van der Waals surface area (Å²) in [6, 6.07) is 17.1. The highest BCUT2D eigenvalue weighted by atomic mass is 32.1. The Morgan fingerprint density at radius 1 is 1.19 bits per heavy atom. The molecule has 2 aromatic heterocycles. The van der Waals surface area contributed by atoms with E-state index in [1.165, 1.54) is 0 Å². The van der Waals surface area contributed by atoms with Crippen LogP contribution in [0.4, 0.5) is 10.5 Å². The molecule has 27 heavy (non-hydrogen) atoms. The molecule has 0 bridgehead atoms. The molecule has 0 saturated carbocycles. The molecule has 2 aromatic carbocycles. The Hall–Kier alpha value is -3.12. The van der Waals surface area contributed by atoms with Crippen molar-refractivity contribution in [2.24, 2.45) is 0 Å². The lowest BCUT2D eigenvalue weighted by Crippen LogP contribution is -2.33. The van der Waals surface area contributed by atoms with Gasteiger partial charge in [-0.2, -0.15) is 0 Å². The molecule has 0 radical (unpaired) electrons. The number of urea groups is 1. The summed E-state index contributed by atoms with van der Waals surface area (Å²) in [6.45, 7) is 1.95. The van der Waals surface area contributed by atoms with Crippen molar-refractivity contribution in [3.8, 4) is 10.6 Å². The maximum absolute atomic E-state index is 12.7. The predicted molar refractivity (Wildman–Crippen MR) is 109 cm³/mol. The van der Waals surface area contributed by atoms with Gasteiger partial charge in [0, 0.05) is 35.3 Å². The van der Waals surface area contributed by atoms with Gasteiger partial charge in [-0.1, -0.05) is 30.3 Å². The van der Waals surface area contributed by atoms with Crippen LogP contribution in [0.1, 0.15) is 18.7 Å². The van der Waals surface area contributed by atoms with Crippen molar-refractivity contribution in [1.82, 2.24) is 9.88 Å². The quantitative estimate of drug-likeness (QED) is 0.490. The number of nitrogens with one attached hydrogen (secondary N) is 1. The van der Waals surface area contributed by atoms with Crippen molar-refractivity contribution in [1.29, 1.82) is 0 Å². The first kappa shape index (κ1) is 17.3. The van der Waals surface area contributed by atoms with Gasteiger partial charge in [-0.25, -0.2) is 9.78 Å². The van der Waals surface area contributed by atoms with E-state index in [0.717, 1.165) is 33.0 Å².